The molecule has 0 saturated heterocycles. The minimum Gasteiger partial charge on any atom is -0.507 e. The summed E-state index contributed by atoms with van der Waals surface area (Å²) < 4.78 is 0.705. The molecule has 21 heavy (non-hydrogen) atoms. The van der Waals surface area contributed by atoms with Gasteiger partial charge in [0, 0.05) is 19.6 Å². The average Bonchev–Trinajstić information content (AvgIpc) is 2.51. The minimum atomic E-state index is 0.254. The molecule has 112 valence electrons. The third kappa shape index (κ3) is 4.11. The van der Waals surface area contributed by atoms with Gasteiger partial charge >= 0.3 is 0 Å². The smallest absolute Gasteiger partial charge is 0.129 e. The van der Waals surface area contributed by atoms with Crippen LogP contribution >= 0.6 is 15.9 Å². The molecule has 0 saturated carbocycles. The molecule has 2 rings (SSSR count). The van der Waals surface area contributed by atoms with Gasteiger partial charge in [-0.05, 0) is 59.6 Å². The van der Waals surface area contributed by atoms with Crippen LogP contribution in [0.15, 0.2) is 41.0 Å². The van der Waals surface area contributed by atoms with E-state index in [4.69, 9.17) is 0 Å². The maximum Gasteiger partial charge on any atom is 0.129 e. The number of nitrogens with zero attached hydrogens (tertiary/aromatic N) is 2. The highest BCUT2D eigenvalue weighted by atomic mass is 79.9. The van der Waals surface area contributed by atoms with Crippen LogP contribution in [-0.2, 0) is 6.54 Å². The zero-order valence-electron chi connectivity index (χ0n) is 12.3. The van der Waals surface area contributed by atoms with E-state index in [1.54, 1.807) is 6.07 Å². The Morgan fingerprint density at radius 2 is 1.95 bits per heavy atom. The standard InChI is InChI=1S/C16H20BrN3O/c1-3-20(4-2)16-8-6-13(11-19-16)18-10-12-5-7-15(21)14(17)9-12/h5-9,11,18,21H,3-4,10H2,1-2H3. The lowest BCUT2D eigenvalue weighted by atomic mass is 10.2. The van der Waals surface area contributed by atoms with Crippen LogP contribution < -0.4 is 10.2 Å². The SMILES string of the molecule is CCN(CC)c1ccc(NCc2ccc(O)c(Br)c2)cn1. The molecule has 2 N–H and O–H groups in total. The molecule has 0 spiro atoms. The van der Waals surface area contributed by atoms with Crippen LogP contribution in [0.5, 0.6) is 5.75 Å². The Bertz CT molecular complexity index is 583. The van der Waals surface area contributed by atoms with Crippen LogP contribution in [0.4, 0.5) is 11.5 Å². The van der Waals surface area contributed by atoms with Gasteiger partial charge in [-0.1, -0.05) is 6.07 Å². The van der Waals surface area contributed by atoms with Crippen molar-refractivity contribution in [2.45, 2.75) is 20.4 Å². The number of nitrogens with one attached hydrogen (secondary N) is 1. The van der Waals surface area contributed by atoms with Crippen molar-refractivity contribution in [3.8, 4) is 5.75 Å². The Hall–Kier alpha value is -1.75. The number of halogens is 1. The molecule has 0 unspecified atom stereocenters. The first-order chi connectivity index (χ1) is 10.1. The van der Waals surface area contributed by atoms with E-state index in [1.807, 2.05) is 30.5 Å². The molecule has 5 heteroatoms. The predicted octanol–water partition coefficient (Wildman–Crippen LogP) is 4.01. The normalized spacial score (nSPS) is 10.4. The number of benzene rings is 1. The third-order valence-corrected chi connectivity index (χ3v) is 3.98. The van der Waals surface area contributed by atoms with Crippen LogP contribution in [0.1, 0.15) is 19.4 Å². The van der Waals surface area contributed by atoms with Crippen molar-refractivity contribution < 1.29 is 5.11 Å². The van der Waals surface area contributed by atoms with Crippen molar-refractivity contribution in [3.63, 3.8) is 0 Å². The van der Waals surface area contributed by atoms with Gasteiger partial charge in [0.05, 0.1) is 16.4 Å². The third-order valence-electron chi connectivity index (χ3n) is 3.34. The van der Waals surface area contributed by atoms with Gasteiger partial charge in [0.2, 0.25) is 0 Å². The Kier molecular flexibility index (Phi) is 5.44. The van der Waals surface area contributed by atoms with Gasteiger partial charge in [-0.25, -0.2) is 4.98 Å². The Morgan fingerprint density at radius 1 is 1.19 bits per heavy atom. The molecule has 0 amide bonds. The molecule has 0 aliphatic heterocycles. The zero-order chi connectivity index (χ0) is 15.2. The van der Waals surface area contributed by atoms with Crippen molar-refractivity contribution in [3.05, 3.63) is 46.6 Å². The number of aromatic nitrogens is 1. The largest absolute Gasteiger partial charge is 0.507 e. The number of rotatable bonds is 6. The van der Waals surface area contributed by atoms with E-state index in [-0.39, 0.29) is 5.75 Å². The van der Waals surface area contributed by atoms with E-state index >= 15 is 0 Å². The molecule has 1 aromatic heterocycles. The summed E-state index contributed by atoms with van der Waals surface area (Å²) in [6, 6.07) is 9.55. The topological polar surface area (TPSA) is 48.4 Å². The van der Waals surface area contributed by atoms with Crippen LogP contribution in [0.2, 0.25) is 0 Å². The van der Waals surface area contributed by atoms with Gasteiger partial charge in [0.1, 0.15) is 11.6 Å². The van der Waals surface area contributed by atoms with Gasteiger partial charge < -0.3 is 15.3 Å². The van der Waals surface area contributed by atoms with Crippen LogP contribution in [0, 0.1) is 0 Å². The number of phenols is 1. The Balaban J connectivity index is 1.98. The number of anilines is 2. The highest BCUT2D eigenvalue weighted by Gasteiger charge is 2.03. The average molecular weight is 350 g/mol. The quantitative estimate of drug-likeness (QED) is 0.827. The van der Waals surface area contributed by atoms with Crippen LogP contribution in [0.3, 0.4) is 0 Å². The summed E-state index contributed by atoms with van der Waals surface area (Å²) in [5.74, 6) is 1.25. The fourth-order valence-electron chi connectivity index (χ4n) is 2.09. The van der Waals surface area contributed by atoms with E-state index in [2.05, 4.69) is 45.0 Å². The lowest BCUT2D eigenvalue weighted by molar-refractivity contribution is 0.471. The number of phenolic OH excluding ortho intramolecular Hbond substituents is 1. The summed E-state index contributed by atoms with van der Waals surface area (Å²) in [6.07, 6.45) is 1.85. The number of aromatic hydroxyl groups is 1. The summed E-state index contributed by atoms with van der Waals surface area (Å²) in [6.45, 7) is 6.85. The second-order valence-electron chi connectivity index (χ2n) is 4.72. The Labute approximate surface area is 134 Å². The van der Waals surface area contributed by atoms with Crippen molar-refractivity contribution in [2.24, 2.45) is 0 Å². The molecule has 1 heterocycles. The summed E-state index contributed by atoms with van der Waals surface area (Å²) in [5, 5.41) is 12.8. The number of hydrogen-bond acceptors (Lipinski definition) is 4. The maximum atomic E-state index is 9.48. The van der Waals surface area contributed by atoms with Crippen molar-refractivity contribution >= 4 is 27.4 Å². The molecule has 1 aromatic carbocycles. The number of pyridine rings is 1. The molecule has 2 aromatic rings. The zero-order valence-corrected chi connectivity index (χ0v) is 13.9. The molecule has 0 bridgehead atoms. The molecule has 0 fully saturated rings. The second kappa shape index (κ2) is 7.31. The second-order valence-corrected chi connectivity index (χ2v) is 5.57. The Morgan fingerprint density at radius 3 is 2.52 bits per heavy atom. The van der Waals surface area contributed by atoms with Crippen molar-refractivity contribution in [1.29, 1.82) is 0 Å². The highest BCUT2D eigenvalue weighted by molar-refractivity contribution is 9.10. The maximum absolute atomic E-state index is 9.48. The van der Waals surface area contributed by atoms with Crippen molar-refractivity contribution in [1.82, 2.24) is 4.98 Å². The summed E-state index contributed by atoms with van der Waals surface area (Å²) in [5.41, 5.74) is 2.07. The molecule has 0 aliphatic carbocycles. The molecule has 4 nitrogen and oxygen atoms in total. The van der Waals surface area contributed by atoms with E-state index in [9.17, 15) is 5.11 Å². The first kappa shape index (κ1) is 15.6. The van der Waals surface area contributed by atoms with Gasteiger partial charge in [0.15, 0.2) is 0 Å². The minimum absolute atomic E-state index is 0.254. The first-order valence-corrected chi connectivity index (χ1v) is 7.85. The summed E-state index contributed by atoms with van der Waals surface area (Å²) in [7, 11) is 0. The fourth-order valence-corrected chi connectivity index (χ4v) is 2.52. The van der Waals surface area contributed by atoms with Gasteiger partial charge in [-0.3, -0.25) is 0 Å². The van der Waals surface area contributed by atoms with Gasteiger partial charge in [-0.2, -0.15) is 0 Å². The number of hydrogen-bond donors (Lipinski definition) is 2. The highest BCUT2D eigenvalue weighted by Crippen LogP contribution is 2.24. The lowest BCUT2D eigenvalue weighted by Crippen LogP contribution is -2.22. The first-order valence-electron chi connectivity index (χ1n) is 7.06. The molecule has 0 aliphatic rings. The predicted molar refractivity (Wildman–Crippen MR) is 90.9 cm³/mol. The van der Waals surface area contributed by atoms with Gasteiger partial charge in [-0.15, -0.1) is 0 Å². The van der Waals surface area contributed by atoms with Crippen molar-refractivity contribution in [2.75, 3.05) is 23.3 Å². The van der Waals surface area contributed by atoms with E-state index in [1.165, 1.54) is 0 Å². The van der Waals surface area contributed by atoms with E-state index in [0.29, 0.717) is 11.0 Å². The molecule has 0 atom stereocenters. The van der Waals surface area contributed by atoms with E-state index in [0.717, 1.165) is 30.2 Å². The van der Waals surface area contributed by atoms with Crippen LogP contribution in [0.25, 0.3) is 0 Å². The summed E-state index contributed by atoms with van der Waals surface area (Å²) >= 11 is 3.32. The van der Waals surface area contributed by atoms with E-state index < -0.39 is 0 Å². The lowest BCUT2D eigenvalue weighted by Gasteiger charge is -2.19. The fraction of sp³-hybridized carbons (Fsp3) is 0.312. The van der Waals surface area contributed by atoms with Crippen LogP contribution in [-0.4, -0.2) is 23.2 Å². The van der Waals surface area contributed by atoms with Gasteiger partial charge in [0.25, 0.3) is 0 Å². The summed E-state index contributed by atoms with van der Waals surface area (Å²) in [4.78, 5) is 6.69. The monoisotopic (exact) mass is 349 g/mol. The molecule has 0 radical (unpaired) electrons. The molecular weight excluding hydrogens is 330 g/mol. The molecular formula is C16H20BrN3O.